The smallest absolute Gasteiger partial charge is 0.122 e. The maximum atomic E-state index is 11.1. The molecule has 0 aromatic heterocycles. The van der Waals surface area contributed by atoms with Crippen LogP contribution in [-0.4, -0.2) is 45.2 Å². The summed E-state index contributed by atoms with van der Waals surface area (Å²) in [6.07, 6.45) is 6.71. The van der Waals surface area contributed by atoms with Crippen molar-refractivity contribution in [2.45, 2.75) is 145 Å². The van der Waals surface area contributed by atoms with Gasteiger partial charge in [0.15, 0.2) is 0 Å². The number of rotatable bonds is 12. The van der Waals surface area contributed by atoms with Crippen molar-refractivity contribution >= 4 is 0 Å². The lowest BCUT2D eigenvalue weighted by molar-refractivity contribution is 0.0104. The zero-order valence-electron chi connectivity index (χ0n) is 27.3. The number of phenols is 2. The van der Waals surface area contributed by atoms with Crippen LogP contribution in [0.4, 0.5) is 0 Å². The lowest BCUT2D eigenvalue weighted by Crippen LogP contribution is -2.57. The summed E-state index contributed by atoms with van der Waals surface area (Å²) in [5.74, 6) is 1.72. The van der Waals surface area contributed by atoms with Crippen LogP contribution in [0.1, 0.15) is 136 Å². The molecule has 0 amide bonds. The molecular formula is C36H58N2O2. The molecule has 0 spiro atoms. The molecule has 40 heavy (non-hydrogen) atoms. The van der Waals surface area contributed by atoms with Crippen molar-refractivity contribution in [3.8, 4) is 11.5 Å². The second-order valence-corrected chi connectivity index (χ2v) is 12.8. The van der Waals surface area contributed by atoms with Gasteiger partial charge < -0.3 is 10.2 Å². The van der Waals surface area contributed by atoms with Gasteiger partial charge in [-0.15, -0.1) is 0 Å². The number of piperazine rings is 1. The number of phenolic OH excluding ortho intramolecular Hbond substituents is 2. The molecule has 4 unspecified atom stereocenters. The SMILES string of the molecule is CCCC1CN(Cc2c(C)cc(C(C)CC)c(O)c2C)C(CCC)CN1Cc1c(C)cc(C(C)CC)c(O)c1C. The molecule has 0 aliphatic carbocycles. The Kier molecular flexibility index (Phi) is 11.6. The first kappa shape index (κ1) is 32.5. The van der Waals surface area contributed by atoms with Crippen molar-refractivity contribution in [1.29, 1.82) is 0 Å². The van der Waals surface area contributed by atoms with Crippen LogP contribution in [0.2, 0.25) is 0 Å². The molecule has 1 heterocycles. The van der Waals surface area contributed by atoms with Gasteiger partial charge in [-0.05, 0) is 110 Å². The second-order valence-electron chi connectivity index (χ2n) is 12.8. The third-order valence-corrected chi connectivity index (χ3v) is 10.0. The summed E-state index contributed by atoms with van der Waals surface area (Å²) in [5, 5.41) is 22.3. The number of hydrogen-bond donors (Lipinski definition) is 2. The molecule has 2 aromatic rings. The van der Waals surface area contributed by atoms with Gasteiger partial charge in [-0.25, -0.2) is 0 Å². The van der Waals surface area contributed by atoms with Crippen molar-refractivity contribution in [3.05, 3.63) is 56.6 Å². The maximum absolute atomic E-state index is 11.1. The van der Waals surface area contributed by atoms with Crippen molar-refractivity contribution in [2.75, 3.05) is 13.1 Å². The monoisotopic (exact) mass is 550 g/mol. The minimum absolute atomic E-state index is 0.363. The second kappa shape index (κ2) is 14.2. The van der Waals surface area contributed by atoms with Gasteiger partial charge in [-0.1, -0.05) is 66.5 Å². The van der Waals surface area contributed by atoms with Crippen LogP contribution in [0.5, 0.6) is 11.5 Å². The predicted octanol–water partition coefficient (Wildman–Crippen LogP) is 9.01. The van der Waals surface area contributed by atoms with E-state index in [1.165, 1.54) is 35.1 Å². The molecule has 1 aliphatic rings. The molecule has 224 valence electrons. The Morgan fingerprint density at radius 1 is 0.675 bits per heavy atom. The molecule has 4 heteroatoms. The molecule has 0 radical (unpaired) electrons. The summed E-state index contributed by atoms with van der Waals surface area (Å²) in [5.41, 5.74) is 9.50. The fourth-order valence-corrected chi connectivity index (χ4v) is 6.84. The van der Waals surface area contributed by atoms with Gasteiger partial charge in [0.2, 0.25) is 0 Å². The van der Waals surface area contributed by atoms with E-state index in [-0.39, 0.29) is 0 Å². The van der Waals surface area contributed by atoms with Crippen LogP contribution >= 0.6 is 0 Å². The van der Waals surface area contributed by atoms with Crippen molar-refractivity contribution in [1.82, 2.24) is 9.80 Å². The first-order valence-electron chi connectivity index (χ1n) is 16.1. The molecule has 2 N–H and O–H groups in total. The standard InChI is InChI=1S/C36H58N2O2/c1-11-15-29-19-38(22-34-26(8)18-32(24(6)14-4)36(40)28(34)10)30(16-12-2)20-37(29)21-33-25(7)17-31(23(5)13-3)35(39)27(33)9/h17-18,23-24,29-30,39-40H,11-16,19-22H2,1-10H3. The summed E-state index contributed by atoms with van der Waals surface area (Å²) in [7, 11) is 0. The Morgan fingerprint density at radius 2 is 1.02 bits per heavy atom. The largest absolute Gasteiger partial charge is 0.507 e. The summed E-state index contributed by atoms with van der Waals surface area (Å²) in [4.78, 5) is 5.42. The van der Waals surface area contributed by atoms with Crippen LogP contribution in [0.25, 0.3) is 0 Å². The topological polar surface area (TPSA) is 46.9 Å². The Labute approximate surface area is 245 Å². The number of aromatic hydroxyl groups is 2. The summed E-state index contributed by atoms with van der Waals surface area (Å²) >= 11 is 0. The molecule has 1 fully saturated rings. The fourth-order valence-electron chi connectivity index (χ4n) is 6.84. The number of hydrogen-bond acceptors (Lipinski definition) is 4. The molecular weight excluding hydrogens is 492 g/mol. The zero-order chi connectivity index (χ0) is 29.7. The van der Waals surface area contributed by atoms with Crippen LogP contribution < -0.4 is 0 Å². The molecule has 0 bridgehead atoms. The summed E-state index contributed by atoms with van der Waals surface area (Å²) in [6, 6.07) is 5.42. The summed E-state index contributed by atoms with van der Waals surface area (Å²) in [6.45, 7) is 25.9. The van der Waals surface area contributed by atoms with Gasteiger partial charge in [-0.2, -0.15) is 0 Å². The third-order valence-electron chi connectivity index (χ3n) is 10.0. The zero-order valence-corrected chi connectivity index (χ0v) is 27.3. The minimum atomic E-state index is 0.363. The average molecular weight is 551 g/mol. The van der Waals surface area contributed by atoms with E-state index in [0.29, 0.717) is 35.4 Å². The van der Waals surface area contributed by atoms with Crippen LogP contribution in [-0.2, 0) is 13.1 Å². The van der Waals surface area contributed by atoms with Crippen LogP contribution in [0, 0.1) is 27.7 Å². The van der Waals surface area contributed by atoms with Crippen molar-refractivity contribution < 1.29 is 10.2 Å². The van der Waals surface area contributed by atoms with Gasteiger partial charge in [-0.3, -0.25) is 9.80 Å². The van der Waals surface area contributed by atoms with Crippen molar-refractivity contribution in [2.24, 2.45) is 0 Å². The van der Waals surface area contributed by atoms with E-state index >= 15 is 0 Å². The Balaban J connectivity index is 1.92. The molecule has 1 aliphatic heterocycles. The highest BCUT2D eigenvalue weighted by Crippen LogP contribution is 2.38. The number of benzene rings is 2. The van der Waals surface area contributed by atoms with E-state index in [1.807, 2.05) is 0 Å². The highest BCUT2D eigenvalue weighted by atomic mass is 16.3. The first-order valence-corrected chi connectivity index (χ1v) is 16.1. The van der Waals surface area contributed by atoms with Crippen molar-refractivity contribution in [3.63, 3.8) is 0 Å². The molecule has 4 atom stereocenters. The van der Waals surface area contributed by atoms with Gasteiger partial charge in [0, 0.05) is 38.3 Å². The lowest BCUT2D eigenvalue weighted by Gasteiger charge is -2.47. The molecule has 2 aromatic carbocycles. The maximum Gasteiger partial charge on any atom is 0.122 e. The Morgan fingerprint density at radius 3 is 1.32 bits per heavy atom. The van der Waals surface area contributed by atoms with E-state index in [4.69, 9.17) is 0 Å². The first-order chi connectivity index (χ1) is 19.0. The fraction of sp³-hybridized carbons (Fsp3) is 0.667. The highest BCUT2D eigenvalue weighted by molar-refractivity contribution is 5.51. The predicted molar refractivity (Wildman–Crippen MR) is 171 cm³/mol. The number of aryl methyl sites for hydroxylation is 2. The molecule has 1 saturated heterocycles. The molecule has 4 nitrogen and oxygen atoms in total. The van der Waals surface area contributed by atoms with Gasteiger partial charge >= 0.3 is 0 Å². The van der Waals surface area contributed by atoms with E-state index in [9.17, 15) is 10.2 Å². The molecule has 3 rings (SSSR count). The number of nitrogens with zero attached hydrogens (tertiary/aromatic N) is 2. The van der Waals surface area contributed by atoms with Crippen LogP contribution in [0.15, 0.2) is 12.1 Å². The normalized spacial score (nSPS) is 20.1. The Bertz CT molecular complexity index is 1050. The molecule has 0 saturated carbocycles. The third kappa shape index (κ3) is 6.87. The van der Waals surface area contributed by atoms with E-state index in [0.717, 1.165) is 74.1 Å². The van der Waals surface area contributed by atoms with Gasteiger partial charge in [0.1, 0.15) is 11.5 Å². The summed E-state index contributed by atoms with van der Waals surface area (Å²) < 4.78 is 0. The highest BCUT2D eigenvalue weighted by Gasteiger charge is 2.34. The Hall–Kier alpha value is -2.04. The van der Waals surface area contributed by atoms with Gasteiger partial charge in [0.05, 0.1) is 0 Å². The van der Waals surface area contributed by atoms with E-state index in [1.54, 1.807) is 0 Å². The minimum Gasteiger partial charge on any atom is -0.507 e. The van der Waals surface area contributed by atoms with Crippen LogP contribution in [0.3, 0.4) is 0 Å². The van der Waals surface area contributed by atoms with Gasteiger partial charge in [0.25, 0.3) is 0 Å². The van der Waals surface area contributed by atoms with E-state index in [2.05, 4.69) is 91.2 Å². The lowest BCUT2D eigenvalue weighted by atomic mass is 9.89. The van der Waals surface area contributed by atoms with E-state index < -0.39 is 0 Å². The average Bonchev–Trinajstić information content (AvgIpc) is 2.93. The quantitative estimate of drug-likeness (QED) is 0.277.